The van der Waals surface area contributed by atoms with E-state index in [9.17, 15) is 29.9 Å². The van der Waals surface area contributed by atoms with Crippen LogP contribution in [0.1, 0.15) is 26.3 Å². The number of carbonyl (C=O) groups excluding carboxylic acids is 2. The van der Waals surface area contributed by atoms with Crippen molar-refractivity contribution in [2.24, 2.45) is 0 Å². The smallest absolute Gasteiger partial charge is 0.338 e. The van der Waals surface area contributed by atoms with Crippen LogP contribution in [0.15, 0.2) is 48.5 Å². The lowest BCUT2D eigenvalue weighted by Gasteiger charge is -2.43. The third-order valence-electron chi connectivity index (χ3n) is 5.26. The number of esters is 1. The van der Waals surface area contributed by atoms with Crippen molar-refractivity contribution >= 4 is 17.6 Å². The van der Waals surface area contributed by atoms with E-state index < -0.39 is 54.1 Å². The number of benzene rings is 2. The number of aliphatic hydroxyl groups is 2. The molecule has 2 aromatic carbocycles. The summed E-state index contributed by atoms with van der Waals surface area (Å²) in [6.45, 7) is 1.28. The molecule has 1 aliphatic heterocycles. The number of nitro groups is 1. The second-order valence-corrected chi connectivity index (χ2v) is 7.49. The molecule has 11 heteroatoms. The summed E-state index contributed by atoms with van der Waals surface area (Å²) in [4.78, 5) is 35.7. The molecule has 5 atom stereocenters. The highest BCUT2D eigenvalue weighted by Gasteiger charge is 2.48. The number of aliphatic hydroxyl groups excluding tert-OH is 2. The lowest BCUT2D eigenvalue weighted by atomic mass is 9.95. The Hall–Kier alpha value is -3.38. The van der Waals surface area contributed by atoms with Crippen LogP contribution >= 0.6 is 0 Å². The van der Waals surface area contributed by atoms with Gasteiger partial charge < -0.3 is 29.7 Å². The number of methoxy groups -OCH3 is 1. The molecule has 1 aliphatic rings. The number of nitrogens with zero attached hydrogens (tertiary/aromatic N) is 1. The summed E-state index contributed by atoms with van der Waals surface area (Å²) in [6.07, 6.45) is -5.02. The van der Waals surface area contributed by atoms with Crippen LogP contribution in [0.25, 0.3) is 0 Å². The van der Waals surface area contributed by atoms with Crippen LogP contribution in [0.4, 0.5) is 5.69 Å². The average Bonchev–Trinajstić information content (AvgIpc) is 2.81. The Kier molecular flexibility index (Phi) is 7.71. The van der Waals surface area contributed by atoms with Crippen molar-refractivity contribution in [1.29, 1.82) is 0 Å². The van der Waals surface area contributed by atoms with Crippen molar-refractivity contribution in [1.82, 2.24) is 5.32 Å². The van der Waals surface area contributed by atoms with Gasteiger partial charge in [-0.05, 0) is 31.2 Å². The average molecular weight is 460 g/mol. The molecule has 2 aromatic rings. The molecule has 0 radical (unpaired) electrons. The molecule has 176 valence electrons. The molecular weight excluding hydrogens is 436 g/mol. The van der Waals surface area contributed by atoms with Crippen LogP contribution in [0, 0.1) is 17.0 Å². The van der Waals surface area contributed by atoms with Crippen molar-refractivity contribution in [3.05, 3.63) is 75.3 Å². The molecule has 0 aliphatic carbocycles. The van der Waals surface area contributed by atoms with E-state index in [1.165, 1.54) is 31.4 Å². The van der Waals surface area contributed by atoms with Gasteiger partial charge in [0, 0.05) is 24.8 Å². The summed E-state index contributed by atoms with van der Waals surface area (Å²) in [6, 6.07) is 10.2. The minimum atomic E-state index is -1.45. The van der Waals surface area contributed by atoms with Crippen molar-refractivity contribution in [2.75, 3.05) is 13.7 Å². The van der Waals surface area contributed by atoms with E-state index in [0.29, 0.717) is 0 Å². The molecule has 3 rings (SSSR count). The Bertz CT molecular complexity index is 994. The number of nitro benzene ring substituents is 1. The highest BCUT2D eigenvalue weighted by Crippen LogP contribution is 2.26. The standard InChI is InChI=1S/C22H24N2O9/c1-12-3-5-14(6-4-12)21(28)33-19-17(18(26)16(11-25)32-22(19)31-2)23-20(27)13-7-9-15(10-8-13)24(29)30/h3-10,16-19,22,25-26H,11H2,1-2H3,(H,23,27)/t16-,17+,18+,19+,22-/m1/s1. The summed E-state index contributed by atoms with van der Waals surface area (Å²) in [5, 5.41) is 33.7. The molecule has 0 unspecified atom stereocenters. The van der Waals surface area contributed by atoms with E-state index >= 15 is 0 Å². The highest BCUT2D eigenvalue weighted by molar-refractivity contribution is 5.94. The first-order valence-corrected chi connectivity index (χ1v) is 10.0. The monoisotopic (exact) mass is 460 g/mol. The van der Waals surface area contributed by atoms with Gasteiger partial charge in [-0.15, -0.1) is 0 Å². The maximum Gasteiger partial charge on any atom is 0.338 e. The SMILES string of the molecule is CO[C@@H]1O[C@H](CO)[C@H](O)[C@H](NC(=O)c2ccc([N+](=O)[O-])cc2)[C@@H]1OC(=O)c1ccc(C)cc1. The first-order chi connectivity index (χ1) is 15.7. The number of carbonyl (C=O) groups is 2. The second kappa shape index (κ2) is 10.5. The van der Waals surface area contributed by atoms with Gasteiger partial charge >= 0.3 is 5.97 Å². The normalized spacial score (nSPS) is 24.7. The summed E-state index contributed by atoms with van der Waals surface area (Å²) in [5.41, 5.74) is 1.08. The molecule has 1 fully saturated rings. The molecule has 1 amide bonds. The number of rotatable bonds is 7. The zero-order valence-corrected chi connectivity index (χ0v) is 17.9. The molecular formula is C22H24N2O9. The Morgan fingerprint density at radius 1 is 1.12 bits per heavy atom. The van der Waals surface area contributed by atoms with Gasteiger partial charge in [0.05, 0.1) is 23.1 Å². The van der Waals surface area contributed by atoms with Gasteiger partial charge in [0.15, 0.2) is 12.4 Å². The fourth-order valence-corrected chi connectivity index (χ4v) is 3.41. The van der Waals surface area contributed by atoms with Crippen LogP contribution in [0.2, 0.25) is 0 Å². The lowest BCUT2D eigenvalue weighted by molar-refractivity contribution is -0.384. The van der Waals surface area contributed by atoms with Crippen molar-refractivity contribution in [2.45, 2.75) is 37.6 Å². The summed E-state index contributed by atoms with van der Waals surface area (Å²) in [5.74, 6) is -1.41. The van der Waals surface area contributed by atoms with Gasteiger partial charge in [-0.2, -0.15) is 0 Å². The first kappa shape index (κ1) is 24.3. The molecule has 0 bridgehead atoms. The van der Waals surface area contributed by atoms with E-state index in [2.05, 4.69) is 5.32 Å². The van der Waals surface area contributed by atoms with Gasteiger partial charge in [-0.25, -0.2) is 4.79 Å². The quantitative estimate of drug-likeness (QED) is 0.311. The van der Waals surface area contributed by atoms with E-state index in [4.69, 9.17) is 14.2 Å². The fraction of sp³-hybridized carbons (Fsp3) is 0.364. The van der Waals surface area contributed by atoms with E-state index in [1.54, 1.807) is 24.3 Å². The predicted molar refractivity (Wildman–Crippen MR) is 113 cm³/mol. The number of hydrogen-bond acceptors (Lipinski definition) is 9. The van der Waals surface area contributed by atoms with E-state index in [-0.39, 0.29) is 16.8 Å². The molecule has 33 heavy (non-hydrogen) atoms. The summed E-state index contributed by atoms with van der Waals surface area (Å²) >= 11 is 0. The molecule has 11 nitrogen and oxygen atoms in total. The Morgan fingerprint density at radius 3 is 2.27 bits per heavy atom. The van der Waals surface area contributed by atoms with Crippen molar-refractivity contribution < 1.29 is 38.9 Å². The third-order valence-corrected chi connectivity index (χ3v) is 5.26. The highest BCUT2D eigenvalue weighted by atomic mass is 16.7. The lowest BCUT2D eigenvalue weighted by Crippen LogP contribution is -2.65. The topological polar surface area (TPSA) is 157 Å². The summed E-state index contributed by atoms with van der Waals surface area (Å²) in [7, 11) is 1.29. The van der Waals surface area contributed by atoms with E-state index in [1.807, 2.05) is 6.92 Å². The molecule has 0 aromatic heterocycles. The minimum absolute atomic E-state index is 0.0809. The molecule has 1 heterocycles. The number of amides is 1. The minimum Gasteiger partial charge on any atom is -0.451 e. The largest absolute Gasteiger partial charge is 0.451 e. The number of aryl methyl sites for hydroxylation is 1. The molecule has 0 saturated carbocycles. The van der Waals surface area contributed by atoms with E-state index in [0.717, 1.165) is 5.56 Å². The van der Waals surface area contributed by atoms with Crippen LogP contribution in [0.3, 0.4) is 0 Å². The Balaban J connectivity index is 1.85. The number of non-ortho nitro benzene ring substituents is 1. The van der Waals surface area contributed by atoms with Crippen molar-refractivity contribution in [3.63, 3.8) is 0 Å². The molecule has 0 spiro atoms. The van der Waals surface area contributed by atoms with Crippen LogP contribution < -0.4 is 5.32 Å². The van der Waals surface area contributed by atoms with Gasteiger partial charge in [0.1, 0.15) is 12.2 Å². The van der Waals surface area contributed by atoms with Gasteiger partial charge in [-0.1, -0.05) is 17.7 Å². The maximum atomic E-state index is 12.8. The molecule has 1 saturated heterocycles. The Labute approximate surface area is 189 Å². The maximum absolute atomic E-state index is 12.8. The van der Waals surface area contributed by atoms with Gasteiger partial charge in [-0.3, -0.25) is 14.9 Å². The second-order valence-electron chi connectivity index (χ2n) is 7.49. The zero-order chi connectivity index (χ0) is 24.1. The van der Waals surface area contributed by atoms with Gasteiger partial charge in [0.2, 0.25) is 0 Å². The number of ether oxygens (including phenoxy) is 3. The first-order valence-electron chi connectivity index (χ1n) is 10.0. The van der Waals surface area contributed by atoms with Crippen molar-refractivity contribution in [3.8, 4) is 0 Å². The van der Waals surface area contributed by atoms with Crippen LogP contribution in [0.5, 0.6) is 0 Å². The zero-order valence-electron chi connectivity index (χ0n) is 17.9. The third kappa shape index (κ3) is 5.52. The number of hydrogen-bond donors (Lipinski definition) is 3. The molecule has 3 N–H and O–H groups in total. The Morgan fingerprint density at radius 2 is 1.73 bits per heavy atom. The van der Waals surface area contributed by atoms with Crippen LogP contribution in [-0.2, 0) is 14.2 Å². The predicted octanol–water partition coefficient (Wildman–Crippen LogP) is 0.952. The summed E-state index contributed by atoms with van der Waals surface area (Å²) < 4.78 is 16.3. The van der Waals surface area contributed by atoms with Gasteiger partial charge in [0.25, 0.3) is 11.6 Å². The fourth-order valence-electron chi connectivity index (χ4n) is 3.41. The number of nitrogens with one attached hydrogen (secondary N) is 1. The van der Waals surface area contributed by atoms with Crippen LogP contribution in [-0.4, -0.2) is 71.4 Å².